The number of rotatable bonds is 6. The average molecular weight is 487 g/mol. The van der Waals surface area contributed by atoms with E-state index in [4.69, 9.17) is 0 Å². The quantitative estimate of drug-likeness (QED) is 0.321. The number of hydrogen-bond donors (Lipinski definition) is 0. The molecule has 0 amide bonds. The minimum absolute atomic E-state index is 0.150. The van der Waals surface area contributed by atoms with Crippen LogP contribution in [0.5, 0.6) is 0 Å². The third kappa shape index (κ3) is 5.01. The zero-order valence-electron chi connectivity index (χ0n) is 20.2. The second-order valence-electron chi connectivity index (χ2n) is 9.77. The fourth-order valence-corrected chi connectivity index (χ4v) is 5.91. The van der Waals surface area contributed by atoms with Gasteiger partial charge in [0, 0.05) is 61.5 Å². The van der Waals surface area contributed by atoms with Crippen molar-refractivity contribution in [3.8, 4) is 0 Å². The molecule has 3 aromatic rings. The Morgan fingerprint density at radius 1 is 0.639 bits per heavy atom. The molecule has 0 saturated heterocycles. The van der Waals surface area contributed by atoms with Gasteiger partial charge in [0.15, 0.2) is 0 Å². The van der Waals surface area contributed by atoms with Crippen molar-refractivity contribution in [3.05, 3.63) is 115 Å². The smallest absolute Gasteiger partial charge is 0.273 e. The first-order valence-corrected chi connectivity index (χ1v) is 12.5. The maximum absolute atomic E-state index is 11.7. The van der Waals surface area contributed by atoms with Crippen molar-refractivity contribution in [2.24, 2.45) is 0 Å². The SMILES string of the molecule is O=[N+]([O-])c1ccccc1CN1Cc2ccccc2CN(Cc2ccccc2[N+](=O)[O-])[C@@H]2CCCC[C@H]21. The molecule has 8 nitrogen and oxygen atoms in total. The summed E-state index contributed by atoms with van der Waals surface area (Å²) in [5, 5.41) is 23.5. The Bertz CT molecular complexity index is 1170. The predicted octanol–water partition coefficient (Wildman–Crippen LogP) is 5.83. The zero-order valence-corrected chi connectivity index (χ0v) is 20.2. The minimum Gasteiger partial charge on any atom is -0.290 e. The van der Waals surface area contributed by atoms with Crippen LogP contribution in [0.25, 0.3) is 0 Å². The van der Waals surface area contributed by atoms with Crippen LogP contribution in [0.4, 0.5) is 11.4 Å². The van der Waals surface area contributed by atoms with E-state index in [0.717, 1.165) is 49.9 Å². The van der Waals surface area contributed by atoms with E-state index in [9.17, 15) is 20.2 Å². The van der Waals surface area contributed by atoms with Gasteiger partial charge in [0.05, 0.1) is 9.85 Å². The molecular formula is C28H30N4O4. The van der Waals surface area contributed by atoms with Gasteiger partial charge >= 0.3 is 0 Å². The molecule has 3 aromatic carbocycles. The van der Waals surface area contributed by atoms with Crippen LogP contribution in [0.1, 0.15) is 47.9 Å². The van der Waals surface area contributed by atoms with Gasteiger partial charge in [0.2, 0.25) is 0 Å². The Kier molecular flexibility index (Phi) is 7.06. The standard InChI is InChI=1S/C28H30N4O4/c33-31(34)25-13-5-3-11-23(25)19-29-17-21-9-1-2-10-22(21)18-30(28-16-8-7-15-27(28)29)20-24-12-4-6-14-26(24)32(35)36/h1-6,9-14,27-28H,7-8,15-20H2/t27-,28-/m1/s1. The van der Waals surface area contributed by atoms with E-state index in [1.807, 2.05) is 36.4 Å². The van der Waals surface area contributed by atoms with Crippen molar-refractivity contribution in [2.75, 3.05) is 0 Å². The lowest BCUT2D eigenvalue weighted by atomic mass is 9.85. The van der Waals surface area contributed by atoms with E-state index in [-0.39, 0.29) is 33.3 Å². The lowest BCUT2D eigenvalue weighted by molar-refractivity contribution is -0.386. The van der Waals surface area contributed by atoms with E-state index in [2.05, 4.69) is 21.9 Å². The van der Waals surface area contributed by atoms with Crippen LogP contribution < -0.4 is 0 Å². The predicted molar refractivity (Wildman–Crippen MR) is 137 cm³/mol. The second-order valence-corrected chi connectivity index (χ2v) is 9.77. The highest BCUT2D eigenvalue weighted by molar-refractivity contribution is 5.41. The number of benzene rings is 3. The summed E-state index contributed by atoms with van der Waals surface area (Å²) in [5.41, 5.74) is 4.14. The van der Waals surface area contributed by atoms with Crippen LogP contribution in [0, 0.1) is 20.2 Å². The van der Waals surface area contributed by atoms with Gasteiger partial charge in [-0.25, -0.2) is 0 Å². The van der Waals surface area contributed by atoms with Crippen LogP contribution in [0.3, 0.4) is 0 Å². The maximum atomic E-state index is 11.7. The second kappa shape index (κ2) is 10.6. The van der Waals surface area contributed by atoms with E-state index in [1.54, 1.807) is 24.3 Å². The van der Waals surface area contributed by atoms with Gasteiger partial charge in [0.25, 0.3) is 11.4 Å². The van der Waals surface area contributed by atoms with E-state index in [1.165, 1.54) is 11.1 Å². The molecule has 1 aliphatic heterocycles. The number of nitro groups is 2. The normalized spacial score (nSPS) is 20.6. The van der Waals surface area contributed by atoms with Gasteiger partial charge in [0.1, 0.15) is 0 Å². The maximum Gasteiger partial charge on any atom is 0.273 e. The summed E-state index contributed by atoms with van der Waals surface area (Å²) in [6.45, 7) is 2.43. The van der Waals surface area contributed by atoms with Crippen molar-refractivity contribution < 1.29 is 9.85 Å². The Hall–Kier alpha value is -3.62. The molecule has 0 radical (unpaired) electrons. The van der Waals surface area contributed by atoms with E-state index < -0.39 is 0 Å². The molecule has 0 N–H and O–H groups in total. The van der Waals surface area contributed by atoms with E-state index in [0.29, 0.717) is 13.1 Å². The van der Waals surface area contributed by atoms with Gasteiger partial charge < -0.3 is 0 Å². The molecule has 0 aromatic heterocycles. The summed E-state index contributed by atoms with van der Waals surface area (Å²) in [4.78, 5) is 27.7. The van der Waals surface area contributed by atoms with Crippen LogP contribution in [0.15, 0.2) is 72.8 Å². The minimum atomic E-state index is -0.299. The van der Waals surface area contributed by atoms with Crippen LogP contribution in [0.2, 0.25) is 0 Å². The molecular weight excluding hydrogens is 456 g/mol. The highest BCUT2D eigenvalue weighted by atomic mass is 16.6. The molecule has 1 heterocycles. The summed E-state index contributed by atoms with van der Waals surface area (Å²) < 4.78 is 0. The molecule has 5 rings (SSSR count). The van der Waals surface area contributed by atoms with Crippen LogP contribution in [-0.2, 0) is 26.2 Å². The Labute approximate surface area is 210 Å². The Balaban J connectivity index is 1.55. The van der Waals surface area contributed by atoms with Crippen molar-refractivity contribution in [2.45, 2.75) is 63.9 Å². The molecule has 0 bridgehead atoms. The Morgan fingerprint density at radius 2 is 1.03 bits per heavy atom. The monoisotopic (exact) mass is 486 g/mol. The molecule has 36 heavy (non-hydrogen) atoms. The van der Waals surface area contributed by atoms with Gasteiger partial charge in [-0.2, -0.15) is 0 Å². The molecule has 0 unspecified atom stereocenters. The van der Waals surface area contributed by atoms with E-state index >= 15 is 0 Å². The number of fused-ring (bicyclic) bond motifs is 2. The topological polar surface area (TPSA) is 92.8 Å². The summed E-state index contributed by atoms with van der Waals surface area (Å²) in [7, 11) is 0. The molecule has 8 heteroatoms. The van der Waals surface area contributed by atoms with Crippen molar-refractivity contribution in [3.63, 3.8) is 0 Å². The molecule has 1 fully saturated rings. The van der Waals surface area contributed by atoms with Crippen LogP contribution in [-0.4, -0.2) is 31.7 Å². The largest absolute Gasteiger partial charge is 0.290 e. The van der Waals surface area contributed by atoms with Crippen molar-refractivity contribution in [1.29, 1.82) is 0 Å². The number of hydrogen-bond acceptors (Lipinski definition) is 6. The first-order valence-electron chi connectivity index (χ1n) is 12.5. The van der Waals surface area contributed by atoms with Crippen molar-refractivity contribution >= 4 is 11.4 Å². The lowest BCUT2D eigenvalue weighted by Gasteiger charge is -2.47. The third-order valence-electron chi connectivity index (χ3n) is 7.62. The molecule has 0 spiro atoms. The Morgan fingerprint density at radius 3 is 1.44 bits per heavy atom. The summed E-state index contributed by atoms with van der Waals surface area (Å²) in [5.74, 6) is 0. The fourth-order valence-electron chi connectivity index (χ4n) is 5.91. The molecule has 1 saturated carbocycles. The first-order chi connectivity index (χ1) is 17.5. The molecule has 2 aliphatic rings. The summed E-state index contributed by atoms with van der Waals surface area (Å²) in [6, 6.07) is 22.7. The summed E-state index contributed by atoms with van der Waals surface area (Å²) in [6.07, 6.45) is 4.22. The number of nitrogens with zero attached hydrogens (tertiary/aromatic N) is 4. The average Bonchev–Trinajstić information content (AvgIpc) is 2.88. The van der Waals surface area contributed by atoms with Crippen molar-refractivity contribution in [1.82, 2.24) is 9.80 Å². The zero-order chi connectivity index (χ0) is 25.1. The summed E-state index contributed by atoms with van der Waals surface area (Å²) >= 11 is 0. The number of nitro benzene ring substituents is 2. The number of para-hydroxylation sites is 2. The highest BCUT2D eigenvalue weighted by Gasteiger charge is 2.37. The van der Waals surface area contributed by atoms with Gasteiger partial charge in [-0.3, -0.25) is 30.0 Å². The molecule has 2 atom stereocenters. The molecule has 1 aliphatic carbocycles. The highest BCUT2D eigenvalue weighted by Crippen LogP contribution is 2.36. The third-order valence-corrected chi connectivity index (χ3v) is 7.62. The fraction of sp³-hybridized carbons (Fsp3) is 0.357. The van der Waals surface area contributed by atoms with Gasteiger partial charge in [-0.1, -0.05) is 73.5 Å². The van der Waals surface area contributed by atoms with Gasteiger partial charge in [-0.05, 0) is 24.0 Å². The lowest BCUT2D eigenvalue weighted by Crippen LogP contribution is -2.53. The van der Waals surface area contributed by atoms with Crippen LogP contribution >= 0.6 is 0 Å². The molecule has 186 valence electrons. The van der Waals surface area contributed by atoms with Gasteiger partial charge in [-0.15, -0.1) is 0 Å². The first kappa shape index (κ1) is 24.1.